The number of aromatic nitrogens is 3. The highest BCUT2D eigenvalue weighted by Gasteiger charge is 2.11. The van der Waals surface area contributed by atoms with Crippen LogP contribution in [0.15, 0.2) is 24.5 Å². The van der Waals surface area contributed by atoms with Crippen LogP contribution in [0.25, 0.3) is 0 Å². The van der Waals surface area contributed by atoms with Crippen LogP contribution in [0.1, 0.15) is 31.3 Å². The summed E-state index contributed by atoms with van der Waals surface area (Å²) in [5.74, 6) is 2.19. The zero-order valence-electron chi connectivity index (χ0n) is 13.0. The maximum absolute atomic E-state index is 5.78. The molecule has 6 heteroatoms. The number of nitrogens with one attached hydrogen (secondary N) is 1. The first-order chi connectivity index (χ1) is 10.2. The Morgan fingerprint density at radius 1 is 1.33 bits per heavy atom. The minimum Gasteiger partial charge on any atom is -0.493 e. The molecule has 0 aliphatic rings. The molecule has 1 aromatic heterocycles. The van der Waals surface area contributed by atoms with Crippen molar-refractivity contribution in [1.29, 1.82) is 0 Å². The molecule has 2 aromatic rings. The summed E-state index contributed by atoms with van der Waals surface area (Å²) >= 11 is 0. The van der Waals surface area contributed by atoms with E-state index in [0.717, 1.165) is 18.1 Å². The Kier molecular flexibility index (Phi) is 5.16. The average molecular weight is 290 g/mol. The molecular weight excluding hydrogens is 268 g/mol. The minimum absolute atomic E-state index is 0.275. The van der Waals surface area contributed by atoms with E-state index in [-0.39, 0.29) is 6.04 Å². The lowest BCUT2D eigenvalue weighted by Gasteiger charge is -2.16. The summed E-state index contributed by atoms with van der Waals surface area (Å²) in [6, 6.07) is 6.25. The molecule has 1 N–H and O–H groups in total. The highest BCUT2D eigenvalue weighted by atomic mass is 16.5. The first kappa shape index (κ1) is 15.3. The zero-order chi connectivity index (χ0) is 15.2. The lowest BCUT2D eigenvalue weighted by atomic mass is 10.1. The van der Waals surface area contributed by atoms with Gasteiger partial charge in [-0.15, -0.1) is 0 Å². The normalized spacial score (nSPS) is 12.2. The fraction of sp³-hybridized carbons (Fsp3) is 0.467. The van der Waals surface area contributed by atoms with Crippen molar-refractivity contribution >= 4 is 0 Å². The van der Waals surface area contributed by atoms with Gasteiger partial charge in [0.25, 0.3) is 0 Å². The van der Waals surface area contributed by atoms with Crippen LogP contribution in [0.5, 0.6) is 11.5 Å². The van der Waals surface area contributed by atoms with Crippen molar-refractivity contribution in [3.8, 4) is 11.5 Å². The van der Waals surface area contributed by atoms with Gasteiger partial charge < -0.3 is 14.8 Å². The van der Waals surface area contributed by atoms with Gasteiger partial charge in [0.2, 0.25) is 0 Å². The lowest BCUT2D eigenvalue weighted by Crippen LogP contribution is -2.17. The van der Waals surface area contributed by atoms with Crippen LogP contribution in [0, 0.1) is 0 Å². The van der Waals surface area contributed by atoms with Crippen molar-refractivity contribution in [2.75, 3.05) is 13.7 Å². The second-order valence-electron chi connectivity index (χ2n) is 4.78. The van der Waals surface area contributed by atoms with Gasteiger partial charge in [-0.05, 0) is 31.2 Å². The Balaban J connectivity index is 2.11. The summed E-state index contributed by atoms with van der Waals surface area (Å²) < 4.78 is 12.9. The second kappa shape index (κ2) is 7.08. The molecule has 21 heavy (non-hydrogen) atoms. The van der Waals surface area contributed by atoms with Crippen LogP contribution >= 0.6 is 0 Å². The molecule has 0 saturated heterocycles. The van der Waals surface area contributed by atoms with Crippen LogP contribution < -0.4 is 14.8 Å². The third-order valence-electron chi connectivity index (χ3n) is 3.36. The van der Waals surface area contributed by atoms with Gasteiger partial charge in [0.1, 0.15) is 12.9 Å². The number of rotatable bonds is 7. The van der Waals surface area contributed by atoms with Crippen LogP contribution in [0.2, 0.25) is 0 Å². The molecule has 114 valence electrons. The zero-order valence-corrected chi connectivity index (χ0v) is 13.0. The molecule has 0 bridgehead atoms. The first-order valence-corrected chi connectivity index (χ1v) is 7.02. The van der Waals surface area contributed by atoms with Crippen LogP contribution in [0.4, 0.5) is 0 Å². The Labute approximate surface area is 125 Å². The molecule has 6 nitrogen and oxygen atoms in total. The van der Waals surface area contributed by atoms with Gasteiger partial charge in [-0.25, -0.2) is 4.98 Å². The van der Waals surface area contributed by atoms with Crippen molar-refractivity contribution < 1.29 is 9.47 Å². The molecule has 0 aliphatic heterocycles. The highest BCUT2D eigenvalue weighted by Crippen LogP contribution is 2.30. The Morgan fingerprint density at radius 3 is 2.76 bits per heavy atom. The van der Waals surface area contributed by atoms with Gasteiger partial charge in [-0.3, -0.25) is 4.68 Å². The quantitative estimate of drug-likeness (QED) is 0.846. The molecule has 0 amide bonds. The van der Waals surface area contributed by atoms with Crippen LogP contribution in [-0.2, 0) is 13.7 Å². The predicted octanol–water partition coefficient (Wildman–Crippen LogP) is 2.07. The molecule has 0 aliphatic carbocycles. The third kappa shape index (κ3) is 3.72. The molecule has 2 rings (SSSR count). The standard InChI is InChI=1S/C15H22N4O2/c1-5-16-11(2)12-6-7-13(14(8-12)20-4)21-9-15-17-10-18-19(15)3/h6-8,10-11,16H,5,9H2,1-4H3. The van der Waals surface area contributed by atoms with Gasteiger partial charge >= 0.3 is 0 Å². The van der Waals surface area contributed by atoms with Crippen LogP contribution in [0.3, 0.4) is 0 Å². The summed E-state index contributed by atoms with van der Waals surface area (Å²) in [5, 5.41) is 7.39. The van der Waals surface area contributed by atoms with E-state index in [1.807, 2.05) is 25.2 Å². The van der Waals surface area contributed by atoms with Gasteiger partial charge in [0, 0.05) is 13.1 Å². The smallest absolute Gasteiger partial charge is 0.164 e. The SMILES string of the molecule is CCNC(C)c1ccc(OCc2ncnn2C)c(OC)c1. The number of ether oxygens (including phenoxy) is 2. The van der Waals surface area contributed by atoms with E-state index in [9.17, 15) is 0 Å². The Hall–Kier alpha value is -2.08. The van der Waals surface area contributed by atoms with Crippen molar-refractivity contribution in [1.82, 2.24) is 20.1 Å². The Bertz CT molecular complexity index is 583. The molecule has 0 spiro atoms. The van der Waals surface area contributed by atoms with Gasteiger partial charge in [0.15, 0.2) is 17.3 Å². The number of benzene rings is 1. The monoisotopic (exact) mass is 290 g/mol. The van der Waals surface area contributed by atoms with Gasteiger partial charge in [0.05, 0.1) is 7.11 Å². The minimum atomic E-state index is 0.275. The summed E-state index contributed by atoms with van der Waals surface area (Å²) in [5.41, 5.74) is 1.17. The molecule has 0 radical (unpaired) electrons. The number of nitrogens with zero attached hydrogens (tertiary/aromatic N) is 3. The van der Waals surface area contributed by atoms with Gasteiger partial charge in [-0.1, -0.05) is 13.0 Å². The molecule has 1 unspecified atom stereocenters. The summed E-state index contributed by atoms with van der Waals surface area (Å²) in [7, 11) is 3.48. The number of hydrogen-bond donors (Lipinski definition) is 1. The van der Waals surface area contributed by atoms with E-state index in [0.29, 0.717) is 12.4 Å². The second-order valence-corrected chi connectivity index (χ2v) is 4.78. The van der Waals surface area contributed by atoms with Crippen molar-refractivity contribution in [3.63, 3.8) is 0 Å². The maximum Gasteiger partial charge on any atom is 0.164 e. The fourth-order valence-electron chi connectivity index (χ4n) is 2.09. The van der Waals surface area contributed by atoms with E-state index < -0.39 is 0 Å². The number of aryl methyl sites for hydroxylation is 1. The number of methoxy groups -OCH3 is 1. The largest absolute Gasteiger partial charge is 0.493 e. The van der Waals surface area contributed by atoms with E-state index in [2.05, 4.69) is 29.2 Å². The van der Waals surface area contributed by atoms with Crippen molar-refractivity contribution in [2.45, 2.75) is 26.5 Å². The Morgan fingerprint density at radius 2 is 2.14 bits per heavy atom. The van der Waals surface area contributed by atoms with E-state index >= 15 is 0 Å². The topological polar surface area (TPSA) is 61.2 Å². The molecule has 0 fully saturated rings. The molecule has 1 heterocycles. The predicted molar refractivity (Wildman–Crippen MR) is 80.4 cm³/mol. The third-order valence-corrected chi connectivity index (χ3v) is 3.36. The van der Waals surface area contributed by atoms with E-state index in [4.69, 9.17) is 9.47 Å². The maximum atomic E-state index is 5.78. The molecule has 1 aromatic carbocycles. The summed E-state index contributed by atoms with van der Waals surface area (Å²) in [6.45, 7) is 5.49. The summed E-state index contributed by atoms with van der Waals surface area (Å²) in [6.07, 6.45) is 1.51. The molecule has 0 saturated carbocycles. The summed E-state index contributed by atoms with van der Waals surface area (Å²) in [4.78, 5) is 4.13. The van der Waals surface area contributed by atoms with Crippen LogP contribution in [-0.4, -0.2) is 28.4 Å². The fourth-order valence-corrected chi connectivity index (χ4v) is 2.09. The van der Waals surface area contributed by atoms with Crippen molar-refractivity contribution in [3.05, 3.63) is 35.9 Å². The lowest BCUT2D eigenvalue weighted by molar-refractivity contribution is 0.271. The highest BCUT2D eigenvalue weighted by molar-refractivity contribution is 5.43. The average Bonchev–Trinajstić information content (AvgIpc) is 2.90. The molecular formula is C15H22N4O2. The van der Waals surface area contributed by atoms with E-state index in [1.54, 1.807) is 11.8 Å². The first-order valence-electron chi connectivity index (χ1n) is 7.02. The van der Waals surface area contributed by atoms with Gasteiger partial charge in [-0.2, -0.15) is 5.10 Å². The van der Waals surface area contributed by atoms with E-state index in [1.165, 1.54) is 11.9 Å². The van der Waals surface area contributed by atoms with Crippen molar-refractivity contribution in [2.24, 2.45) is 7.05 Å². The molecule has 1 atom stereocenters. The number of hydrogen-bond acceptors (Lipinski definition) is 5.